The first-order valence-electron chi connectivity index (χ1n) is 18.0. The zero-order valence-electron chi connectivity index (χ0n) is 29.2. The lowest BCUT2D eigenvalue weighted by atomic mass is 9.92. The van der Waals surface area contributed by atoms with Gasteiger partial charge in [-0.2, -0.15) is 0 Å². The Morgan fingerprint density at radius 3 is 2.46 bits per heavy atom. The number of aromatic hydroxyl groups is 1. The van der Waals surface area contributed by atoms with E-state index in [4.69, 9.17) is 14.5 Å². The number of carbonyl (C=O) groups excluding carboxylic acids is 1. The Bertz CT molecular complexity index is 2190. The van der Waals surface area contributed by atoms with Crippen molar-refractivity contribution in [2.24, 2.45) is 0 Å². The number of pyridine rings is 2. The van der Waals surface area contributed by atoms with Crippen molar-refractivity contribution in [3.8, 4) is 34.0 Å². The average molecular weight is 707 g/mol. The van der Waals surface area contributed by atoms with Crippen LogP contribution in [0.3, 0.4) is 0 Å². The van der Waals surface area contributed by atoms with E-state index in [9.17, 15) is 9.90 Å². The molecule has 0 atom stereocenters. The molecule has 1 amide bonds. The monoisotopic (exact) mass is 706 g/mol. The highest BCUT2D eigenvalue weighted by Crippen LogP contribution is 2.45. The third kappa shape index (κ3) is 5.69. The van der Waals surface area contributed by atoms with Gasteiger partial charge in [-0.05, 0) is 85.7 Å². The van der Waals surface area contributed by atoms with Gasteiger partial charge in [-0.25, -0.2) is 13.8 Å². The van der Waals surface area contributed by atoms with Crippen molar-refractivity contribution >= 4 is 22.6 Å². The highest BCUT2D eigenvalue weighted by molar-refractivity contribution is 6.10. The first-order chi connectivity index (χ1) is 25.2. The summed E-state index contributed by atoms with van der Waals surface area (Å²) >= 11 is 0. The standard InChI is InChI=1S/C40H40F2N6O4/c1-40(2,47-11-9-46(10-12-47)27-21-51-22-27)25-5-6-32(44-20-25)33-19-30-28(7-8-43-38(30)45-33)29-17-26(41)18-34(37(29)49)48-13-14-52-35-16-24(23-3-4-23)15-31(42)36(35)39(48)50/h5-8,15-20,23,27,49H,3-4,9-14,21-22H2,1-2H3,(H,43,45). The molecule has 6 heterocycles. The highest BCUT2D eigenvalue weighted by Gasteiger charge is 2.36. The van der Waals surface area contributed by atoms with E-state index in [1.54, 1.807) is 18.3 Å². The molecular formula is C40H40F2N6O4. The number of ether oxygens (including phenoxy) is 2. The third-order valence-electron chi connectivity index (χ3n) is 11.3. The number of H-pyrrole nitrogens is 1. The summed E-state index contributed by atoms with van der Waals surface area (Å²) in [5.74, 6) is -1.92. The number of phenolic OH excluding ortho intramolecular Hbond substituents is 1. The van der Waals surface area contributed by atoms with Crippen LogP contribution in [0.5, 0.6) is 11.5 Å². The van der Waals surface area contributed by atoms with Crippen molar-refractivity contribution in [1.29, 1.82) is 0 Å². The number of halogens is 2. The molecule has 3 aliphatic heterocycles. The largest absolute Gasteiger partial charge is 0.505 e. The van der Waals surface area contributed by atoms with Crippen LogP contribution >= 0.6 is 0 Å². The number of hydrogen-bond acceptors (Lipinski definition) is 8. The van der Waals surface area contributed by atoms with Gasteiger partial charge in [0.2, 0.25) is 0 Å². The summed E-state index contributed by atoms with van der Waals surface area (Å²) in [6, 6.07) is 13.6. The predicted octanol–water partition coefficient (Wildman–Crippen LogP) is 6.44. The molecule has 52 heavy (non-hydrogen) atoms. The van der Waals surface area contributed by atoms with Gasteiger partial charge in [0.1, 0.15) is 41.0 Å². The van der Waals surface area contributed by atoms with E-state index in [0.29, 0.717) is 34.0 Å². The van der Waals surface area contributed by atoms with Crippen molar-refractivity contribution < 1.29 is 28.2 Å². The number of anilines is 1. The summed E-state index contributed by atoms with van der Waals surface area (Å²) in [6.07, 6.45) is 5.44. The van der Waals surface area contributed by atoms with E-state index >= 15 is 8.78 Å². The van der Waals surface area contributed by atoms with Gasteiger partial charge in [-0.1, -0.05) is 6.07 Å². The van der Waals surface area contributed by atoms with Crippen molar-refractivity contribution in [2.75, 3.05) is 57.4 Å². The molecule has 1 aliphatic carbocycles. The molecule has 12 heteroatoms. The summed E-state index contributed by atoms with van der Waals surface area (Å²) in [5.41, 5.74) is 4.06. The maximum atomic E-state index is 15.4. The molecule has 0 spiro atoms. The van der Waals surface area contributed by atoms with Crippen LogP contribution in [0, 0.1) is 11.6 Å². The quantitative estimate of drug-likeness (QED) is 0.199. The topological polar surface area (TPSA) is 107 Å². The molecule has 4 aliphatic rings. The van der Waals surface area contributed by atoms with Crippen LogP contribution in [0.4, 0.5) is 14.5 Å². The molecule has 0 unspecified atom stereocenters. The number of carbonyl (C=O) groups is 1. The van der Waals surface area contributed by atoms with Crippen LogP contribution in [0.25, 0.3) is 33.5 Å². The van der Waals surface area contributed by atoms with Crippen LogP contribution in [-0.2, 0) is 10.3 Å². The lowest BCUT2D eigenvalue weighted by Gasteiger charge is -2.47. The fourth-order valence-electron chi connectivity index (χ4n) is 7.86. The van der Waals surface area contributed by atoms with Crippen LogP contribution in [0.1, 0.15) is 54.1 Å². The number of piperazine rings is 1. The Labute approximate surface area is 300 Å². The predicted molar refractivity (Wildman–Crippen MR) is 193 cm³/mol. The SMILES string of the molecule is CC(C)(c1ccc(-c2cc3c(-c4cc(F)cc(N5CCOc6cc(C7CC7)cc(F)c6C5=O)c4O)ccnc3[nH]2)nc1)N1CCN(C2COC2)CC1. The minimum Gasteiger partial charge on any atom is -0.505 e. The summed E-state index contributed by atoms with van der Waals surface area (Å²) in [7, 11) is 0. The maximum absolute atomic E-state index is 15.4. The van der Waals surface area contributed by atoms with Gasteiger partial charge in [0.15, 0.2) is 0 Å². The Morgan fingerprint density at radius 2 is 1.75 bits per heavy atom. The fraction of sp³-hybridized carbons (Fsp3) is 0.375. The number of rotatable bonds is 7. The Kier molecular flexibility index (Phi) is 8.01. The number of aromatic nitrogens is 3. The summed E-state index contributed by atoms with van der Waals surface area (Å²) in [4.78, 5) is 32.7. The van der Waals surface area contributed by atoms with E-state index in [0.717, 1.165) is 69.4 Å². The van der Waals surface area contributed by atoms with Gasteiger partial charge in [0.05, 0.1) is 42.9 Å². The van der Waals surface area contributed by atoms with Gasteiger partial charge >= 0.3 is 0 Å². The normalized spacial score (nSPS) is 19.0. The Hall–Kier alpha value is -4.91. The number of benzene rings is 2. The van der Waals surface area contributed by atoms with Gasteiger partial charge in [-0.15, -0.1) is 0 Å². The number of amides is 1. The molecule has 2 N–H and O–H groups in total. The van der Waals surface area contributed by atoms with E-state index in [1.807, 2.05) is 18.3 Å². The van der Waals surface area contributed by atoms with E-state index < -0.39 is 17.5 Å². The molecule has 1 saturated carbocycles. The van der Waals surface area contributed by atoms with Crippen LogP contribution in [0.2, 0.25) is 0 Å². The average Bonchev–Trinajstić information content (AvgIpc) is 3.90. The molecule has 0 bridgehead atoms. The molecule has 3 fully saturated rings. The molecule has 9 rings (SSSR count). The number of aromatic amines is 1. The number of phenols is 1. The third-order valence-corrected chi connectivity index (χ3v) is 11.3. The van der Waals surface area contributed by atoms with Crippen LogP contribution in [0.15, 0.2) is 60.9 Å². The molecule has 5 aromatic rings. The van der Waals surface area contributed by atoms with E-state index in [-0.39, 0.29) is 52.9 Å². The minimum absolute atomic E-state index is 0.00715. The van der Waals surface area contributed by atoms with Crippen molar-refractivity contribution in [2.45, 2.75) is 44.2 Å². The van der Waals surface area contributed by atoms with E-state index in [1.165, 1.54) is 17.0 Å². The minimum atomic E-state index is -0.702. The number of fused-ring (bicyclic) bond motifs is 2. The van der Waals surface area contributed by atoms with Crippen LogP contribution in [-0.4, -0.2) is 94.4 Å². The second-order valence-electron chi connectivity index (χ2n) is 14.8. The molecule has 3 aromatic heterocycles. The molecule has 2 saturated heterocycles. The first-order valence-corrected chi connectivity index (χ1v) is 18.0. The van der Waals surface area contributed by atoms with Gasteiger partial charge in [0, 0.05) is 61.1 Å². The maximum Gasteiger partial charge on any atom is 0.265 e. The Morgan fingerprint density at radius 1 is 0.942 bits per heavy atom. The number of hydrogen-bond donors (Lipinski definition) is 2. The van der Waals surface area contributed by atoms with Gasteiger partial charge in [-0.3, -0.25) is 19.6 Å². The molecular weight excluding hydrogens is 666 g/mol. The first kappa shape index (κ1) is 33.0. The highest BCUT2D eigenvalue weighted by atomic mass is 19.1. The smallest absolute Gasteiger partial charge is 0.265 e. The zero-order valence-corrected chi connectivity index (χ0v) is 29.2. The summed E-state index contributed by atoms with van der Waals surface area (Å²) in [6.45, 7) is 10.2. The fourth-order valence-corrected chi connectivity index (χ4v) is 7.86. The summed E-state index contributed by atoms with van der Waals surface area (Å²) in [5, 5.41) is 12.3. The molecule has 10 nitrogen and oxygen atoms in total. The lowest BCUT2D eigenvalue weighted by Crippen LogP contribution is -2.59. The van der Waals surface area contributed by atoms with E-state index in [2.05, 4.69) is 39.7 Å². The second kappa shape index (κ2) is 12.6. The van der Waals surface area contributed by atoms with Crippen molar-refractivity contribution in [3.05, 3.63) is 89.2 Å². The molecule has 2 aromatic carbocycles. The Balaban J connectivity index is 1.00. The van der Waals surface area contributed by atoms with Crippen molar-refractivity contribution in [3.63, 3.8) is 0 Å². The lowest BCUT2D eigenvalue weighted by molar-refractivity contribution is -0.0845. The number of nitrogens with zero attached hydrogens (tertiary/aromatic N) is 5. The summed E-state index contributed by atoms with van der Waals surface area (Å²) < 4.78 is 42.0. The second-order valence-corrected chi connectivity index (χ2v) is 14.8. The molecule has 268 valence electrons. The van der Waals surface area contributed by atoms with Gasteiger partial charge < -0.3 is 24.5 Å². The van der Waals surface area contributed by atoms with Crippen molar-refractivity contribution in [1.82, 2.24) is 24.8 Å². The number of nitrogens with one attached hydrogen (secondary N) is 1. The van der Waals surface area contributed by atoms with Crippen LogP contribution < -0.4 is 9.64 Å². The van der Waals surface area contributed by atoms with Gasteiger partial charge in [0.25, 0.3) is 5.91 Å². The zero-order chi connectivity index (χ0) is 35.7. The molecule has 0 radical (unpaired) electrons.